The van der Waals surface area contributed by atoms with E-state index < -0.39 is 5.82 Å². The molecule has 0 radical (unpaired) electrons. The second-order valence-corrected chi connectivity index (χ2v) is 12.2. The van der Waals surface area contributed by atoms with E-state index in [-0.39, 0.29) is 17.8 Å². The Morgan fingerprint density at radius 2 is 1.82 bits per heavy atom. The fourth-order valence-corrected chi connectivity index (χ4v) is 5.95. The first kappa shape index (κ1) is 30.6. The lowest BCUT2D eigenvalue weighted by Gasteiger charge is -2.42. The van der Waals surface area contributed by atoms with Gasteiger partial charge in [0.1, 0.15) is 5.76 Å². The van der Waals surface area contributed by atoms with Crippen molar-refractivity contribution < 1.29 is 13.9 Å². The zero-order chi connectivity index (χ0) is 28.3. The van der Waals surface area contributed by atoms with Crippen LogP contribution < -0.4 is 15.4 Å². The third-order valence-electron chi connectivity index (χ3n) is 7.81. The molecule has 1 aromatic carbocycles. The highest BCUT2D eigenvalue weighted by atomic mass is 32.2. The number of amides is 2. The Morgan fingerprint density at radius 3 is 2.50 bits per heavy atom. The Hall–Kier alpha value is -2.33. The molecule has 3 aliphatic rings. The van der Waals surface area contributed by atoms with Gasteiger partial charge in [-0.2, -0.15) is 0 Å². The summed E-state index contributed by atoms with van der Waals surface area (Å²) >= 11 is 1.61. The molecule has 40 heavy (non-hydrogen) atoms. The summed E-state index contributed by atoms with van der Waals surface area (Å²) in [7, 11) is 2.22. The molecule has 0 aromatic heterocycles. The van der Waals surface area contributed by atoms with Gasteiger partial charge in [0.05, 0.1) is 0 Å². The Balaban J connectivity index is 1.08. The predicted octanol–water partition coefficient (Wildman–Crippen LogP) is 5.69. The zero-order valence-electron chi connectivity index (χ0n) is 24.2. The van der Waals surface area contributed by atoms with E-state index >= 15 is 0 Å². The molecule has 7 nitrogen and oxygen atoms in total. The number of anilines is 1. The van der Waals surface area contributed by atoms with Crippen molar-refractivity contribution in [2.24, 2.45) is 0 Å². The van der Waals surface area contributed by atoms with E-state index in [4.69, 9.17) is 4.74 Å². The summed E-state index contributed by atoms with van der Waals surface area (Å²) in [6.07, 6.45) is 13.0. The highest BCUT2D eigenvalue weighted by Gasteiger charge is 2.26. The number of allylic oxidation sites excluding steroid dienone is 2. The topological polar surface area (TPSA) is 60.1 Å². The van der Waals surface area contributed by atoms with Crippen LogP contribution >= 0.6 is 11.8 Å². The molecule has 0 unspecified atom stereocenters. The minimum absolute atomic E-state index is 0.107. The number of nitrogens with one attached hydrogen (secondary N) is 2. The van der Waals surface area contributed by atoms with E-state index in [0.717, 1.165) is 48.9 Å². The van der Waals surface area contributed by atoms with Crippen molar-refractivity contribution in [3.8, 4) is 5.75 Å². The maximum atomic E-state index is 14.6. The van der Waals surface area contributed by atoms with Gasteiger partial charge in [0.2, 0.25) is 0 Å². The van der Waals surface area contributed by atoms with Gasteiger partial charge in [0.25, 0.3) is 0 Å². The van der Waals surface area contributed by atoms with Gasteiger partial charge < -0.3 is 25.2 Å². The molecule has 4 rings (SSSR count). The highest BCUT2D eigenvalue weighted by molar-refractivity contribution is 8.03. The van der Waals surface area contributed by atoms with Gasteiger partial charge in [-0.25, -0.2) is 9.18 Å². The van der Waals surface area contributed by atoms with Crippen LogP contribution in [0.2, 0.25) is 0 Å². The zero-order valence-corrected chi connectivity index (χ0v) is 25.0. The van der Waals surface area contributed by atoms with Crippen molar-refractivity contribution >= 4 is 23.5 Å². The fraction of sp³-hybridized carbons (Fsp3) is 0.581. The number of urea groups is 1. The Morgan fingerprint density at radius 1 is 1.10 bits per heavy atom. The molecule has 0 spiro atoms. The number of piperidine rings is 1. The number of likely N-dealkylation sites (tertiary alicyclic amines) is 1. The maximum absolute atomic E-state index is 14.6. The number of benzene rings is 1. The first-order valence-electron chi connectivity index (χ1n) is 14.7. The van der Waals surface area contributed by atoms with Crippen LogP contribution in [-0.2, 0) is 0 Å². The summed E-state index contributed by atoms with van der Waals surface area (Å²) < 4.78 is 20.4. The van der Waals surface area contributed by atoms with Crippen LogP contribution in [0.25, 0.3) is 0 Å². The van der Waals surface area contributed by atoms with E-state index in [2.05, 4.69) is 51.1 Å². The van der Waals surface area contributed by atoms with Crippen molar-refractivity contribution in [1.29, 1.82) is 0 Å². The number of rotatable bonds is 13. The average Bonchev–Trinajstić information content (AvgIpc) is 3.76. The number of piperazine rings is 1. The fourth-order valence-electron chi connectivity index (χ4n) is 5.15. The number of halogens is 1. The van der Waals surface area contributed by atoms with Crippen molar-refractivity contribution in [3.05, 3.63) is 59.5 Å². The minimum atomic E-state index is -0.534. The molecular formula is C31H46FN5O2S. The number of ether oxygens (including phenoxy) is 1. The van der Waals surface area contributed by atoms with Gasteiger partial charge in [0.15, 0.2) is 11.6 Å². The molecule has 0 atom stereocenters. The van der Waals surface area contributed by atoms with Crippen LogP contribution in [0.4, 0.5) is 14.9 Å². The highest BCUT2D eigenvalue weighted by Crippen LogP contribution is 2.29. The van der Waals surface area contributed by atoms with Crippen LogP contribution in [0.5, 0.6) is 5.75 Å². The van der Waals surface area contributed by atoms with Gasteiger partial charge in [-0.1, -0.05) is 18.7 Å². The second kappa shape index (κ2) is 15.6. The first-order chi connectivity index (χ1) is 19.4. The number of likely N-dealkylation sites (N-methyl/N-ethyl adjacent to an activating group) is 1. The van der Waals surface area contributed by atoms with Crippen molar-refractivity contribution in [2.45, 2.75) is 57.5 Å². The Kier molecular flexibility index (Phi) is 12.0. The van der Waals surface area contributed by atoms with E-state index in [1.54, 1.807) is 23.9 Å². The van der Waals surface area contributed by atoms with E-state index in [0.29, 0.717) is 11.4 Å². The van der Waals surface area contributed by atoms with Crippen LogP contribution in [0, 0.1) is 5.82 Å². The van der Waals surface area contributed by atoms with E-state index in [9.17, 15) is 9.18 Å². The summed E-state index contributed by atoms with van der Waals surface area (Å²) in [5.41, 5.74) is 0.389. The molecule has 2 aliphatic heterocycles. The molecule has 0 bridgehead atoms. The molecule has 220 valence electrons. The second-order valence-electron chi connectivity index (χ2n) is 11.0. The lowest BCUT2D eigenvalue weighted by molar-refractivity contribution is 0.0683. The molecule has 9 heteroatoms. The number of thioether (sulfide) groups is 1. The number of carbonyl (C=O) groups is 1. The molecular weight excluding hydrogens is 525 g/mol. The molecule has 2 amide bonds. The molecule has 3 fully saturated rings. The lowest BCUT2D eigenvalue weighted by Crippen LogP contribution is -2.52. The number of nitrogens with zero attached hydrogens (tertiary/aromatic N) is 3. The SMILES string of the molecule is C=C(SCCC=CCCN1CCC(N2CCN(C)CC2)CC1)C(=CC)Oc1ccc(NC(=O)NC2CC2)cc1F. The summed E-state index contributed by atoms with van der Waals surface area (Å²) in [4.78, 5) is 20.4. The van der Waals surface area contributed by atoms with Crippen molar-refractivity contribution in [3.63, 3.8) is 0 Å². The normalized spacial score (nSPS) is 20.1. The van der Waals surface area contributed by atoms with Gasteiger partial charge in [-0.15, -0.1) is 11.8 Å². The van der Waals surface area contributed by atoms with Crippen LogP contribution in [0.3, 0.4) is 0 Å². The Labute approximate surface area is 243 Å². The van der Waals surface area contributed by atoms with E-state index in [1.165, 1.54) is 64.2 Å². The molecule has 2 saturated heterocycles. The monoisotopic (exact) mass is 571 g/mol. The molecule has 2 N–H and O–H groups in total. The average molecular weight is 572 g/mol. The predicted molar refractivity (Wildman–Crippen MR) is 164 cm³/mol. The summed E-state index contributed by atoms with van der Waals surface area (Å²) in [6.45, 7) is 14.4. The van der Waals surface area contributed by atoms with E-state index in [1.807, 2.05) is 6.92 Å². The standard InChI is InChI=1S/C31H46FN5O2S/c1-4-29(39-30-12-11-26(23-28(30)32)34-31(38)33-25-9-10-25)24(2)40-22-8-6-5-7-15-36-16-13-27(14-17-36)37-20-18-35(3)19-21-37/h4-6,11-12,23,25,27H,2,7-10,13-22H2,1,3H3,(H2,33,34,38). The molecule has 2 heterocycles. The summed E-state index contributed by atoms with van der Waals surface area (Å²) in [5, 5.41) is 5.48. The van der Waals surface area contributed by atoms with Crippen LogP contribution in [-0.4, -0.2) is 91.4 Å². The molecule has 1 aromatic rings. The van der Waals surface area contributed by atoms with Gasteiger partial charge in [-0.05, 0) is 83.8 Å². The number of carbonyl (C=O) groups excluding carboxylic acids is 1. The maximum Gasteiger partial charge on any atom is 0.319 e. The van der Waals surface area contributed by atoms with Crippen LogP contribution in [0.15, 0.2) is 53.7 Å². The van der Waals surface area contributed by atoms with Crippen LogP contribution in [0.1, 0.15) is 45.4 Å². The third-order valence-corrected chi connectivity index (χ3v) is 8.80. The molecule has 1 aliphatic carbocycles. The minimum Gasteiger partial charge on any atom is -0.453 e. The first-order valence-corrected chi connectivity index (χ1v) is 15.7. The molecule has 1 saturated carbocycles. The summed E-state index contributed by atoms with van der Waals surface area (Å²) in [5.74, 6) is 0.997. The lowest BCUT2D eigenvalue weighted by atomic mass is 10.0. The van der Waals surface area contributed by atoms with Gasteiger partial charge in [-0.3, -0.25) is 4.90 Å². The number of hydrogen-bond donors (Lipinski definition) is 2. The van der Waals surface area contributed by atoms with Crippen molar-refractivity contribution in [2.75, 3.05) is 63.9 Å². The summed E-state index contributed by atoms with van der Waals surface area (Å²) in [6, 6.07) is 5.13. The smallest absolute Gasteiger partial charge is 0.319 e. The van der Waals surface area contributed by atoms with Gasteiger partial charge in [0, 0.05) is 67.2 Å². The quantitative estimate of drug-likeness (QED) is 0.137. The Bertz CT molecular complexity index is 1040. The largest absolute Gasteiger partial charge is 0.453 e. The third kappa shape index (κ3) is 9.94. The number of hydrogen-bond acceptors (Lipinski definition) is 6. The van der Waals surface area contributed by atoms with Gasteiger partial charge >= 0.3 is 6.03 Å². The van der Waals surface area contributed by atoms with Crippen molar-refractivity contribution in [1.82, 2.24) is 20.0 Å².